The topological polar surface area (TPSA) is 65.5 Å². The molecule has 0 atom stereocenters. The Morgan fingerprint density at radius 3 is 2.41 bits per heavy atom. The quantitative estimate of drug-likeness (QED) is 0.309. The van der Waals surface area contributed by atoms with Crippen LogP contribution in [0.5, 0.6) is 0 Å². The van der Waals surface area contributed by atoms with Gasteiger partial charge in [-0.3, -0.25) is 4.79 Å². The average Bonchev–Trinajstić information content (AvgIpc) is 2.65. The minimum Gasteiger partial charge on any atom is -0.357 e. The summed E-state index contributed by atoms with van der Waals surface area (Å²) in [4.78, 5) is 16.5. The summed E-state index contributed by atoms with van der Waals surface area (Å²) in [5.41, 5.74) is 3.50. The lowest BCUT2D eigenvalue weighted by atomic mass is 10.1. The average molecular weight is 480 g/mol. The monoisotopic (exact) mass is 480 g/mol. The van der Waals surface area contributed by atoms with Gasteiger partial charge in [-0.15, -0.1) is 24.0 Å². The van der Waals surface area contributed by atoms with Gasteiger partial charge in [-0.05, 0) is 25.0 Å². The summed E-state index contributed by atoms with van der Waals surface area (Å²) >= 11 is 0. The van der Waals surface area contributed by atoms with Crippen molar-refractivity contribution in [3.63, 3.8) is 0 Å². The molecule has 1 amide bonds. The van der Waals surface area contributed by atoms with Crippen molar-refractivity contribution in [2.75, 3.05) is 13.1 Å². The number of aliphatic imine (C=N–C) groups is 1. The van der Waals surface area contributed by atoms with E-state index in [1.807, 2.05) is 43.3 Å². The van der Waals surface area contributed by atoms with E-state index in [0.717, 1.165) is 18.1 Å². The van der Waals surface area contributed by atoms with Crippen molar-refractivity contribution in [3.05, 3.63) is 71.3 Å². The normalized spacial score (nSPS) is 10.7. The zero-order chi connectivity index (χ0) is 18.6. The predicted octanol–water partition coefficient (Wildman–Crippen LogP) is 3.37. The fourth-order valence-corrected chi connectivity index (χ4v) is 2.50. The third-order valence-electron chi connectivity index (χ3n) is 3.82. The van der Waals surface area contributed by atoms with Crippen molar-refractivity contribution in [1.29, 1.82) is 0 Å². The van der Waals surface area contributed by atoms with Crippen molar-refractivity contribution in [2.24, 2.45) is 4.99 Å². The first-order chi connectivity index (χ1) is 12.7. The molecule has 0 heterocycles. The van der Waals surface area contributed by atoms with Crippen molar-refractivity contribution in [2.45, 2.75) is 33.4 Å². The summed E-state index contributed by atoms with van der Waals surface area (Å²) in [6, 6.07) is 18.2. The largest absolute Gasteiger partial charge is 0.357 e. The minimum absolute atomic E-state index is 0. The number of hydrogen-bond acceptors (Lipinski definition) is 2. The van der Waals surface area contributed by atoms with Crippen molar-refractivity contribution in [1.82, 2.24) is 16.0 Å². The molecule has 0 unspecified atom stereocenters. The van der Waals surface area contributed by atoms with Crippen LogP contribution in [0.4, 0.5) is 0 Å². The molecular weight excluding hydrogens is 451 g/mol. The van der Waals surface area contributed by atoms with Crippen LogP contribution in [0.1, 0.15) is 30.0 Å². The molecule has 0 aliphatic rings. The van der Waals surface area contributed by atoms with Gasteiger partial charge in [-0.2, -0.15) is 0 Å². The van der Waals surface area contributed by atoms with Crippen molar-refractivity contribution < 1.29 is 4.79 Å². The maximum Gasteiger partial charge on any atom is 0.222 e. The lowest BCUT2D eigenvalue weighted by Gasteiger charge is -2.11. The Morgan fingerprint density at radius 1 is 0.963 bits per heavy atom. The van der Waals surface area contributed by atoms with Crippen LogP contribution in [-0.2, 0) is 17.9 Å². The molecule has 5 nitrogen and oxygen atoms in total. The van der Waals surface area contributed by atoms with Gasteiger partial charge in [0.1, 0.15) is 0 Å². The Bertz CT molecular complexity index is 719. The van der Waals surface area contributed by atoms with Gasteiger partial charge in [0.25, 0.3) is 0 Å². The molecular formula is C21H29IN4O. The first-order valence-electron chi connectivity index (χ1n) is 9.05. The van der Waals surface area contributed by atoms with Crippen molar-refractivity contribution in [3.8, 4) is 0 Å². The molecule has 27 heavy (non-hydrogen) atoms. The maximum atomic E-state index is 12.0. The van der Waals surface area contributed by atoms with Gasteiger partial charge in [0.05, 0.1) is 6.54 Å². The number of hydrogen-bond donors (Lipinski definition) is 3. The van der Waals surface area contributed by atoms with E-state index < -0.39 is 0 Å². The molecule has 0 aliphatic heterocycles. The van der Waals surface area contributed by atoms with E-state index >= 15 is 0 Å². The van der Waals surface area contributed by atoms with E-state index in [1.165, 1.54) is 11.1 Å². The number of rotatable bonds is 8. The van der Waals surface area contributed by atoms with E-state index in [-0.39, 0.29) is 29.9 Å². The second-order valence-electron chi connectivity index (χ2n) is 6.12. The highest BCUT2D eigenvalue weighted by molar-refractivity contribution is 14.0. The molecule has 0 aromatic heterocycles. The standard InChI is InChI=1S/C21H28N4O.HI/c1-3-22-21(25-16-19-11-7-8-17(2)14-19)23-13-12-20(26)24-15-18-9-5-4-6-10-18;/h4-11,14H,3,12-13,15-16H2,1-2H3,(H,24,26)(H2,22,23,25);1H. The maximum absolute atomic E-state index is 12.0. The highest BCUT2D eigenvalue weighted by Crippen LogP contribution is 2.05. The van der Waals surface area contributed by atoms with Gasteiger partial charge >= 0.3 is 0 Å². The molecule has 0 radical (unpaired) electrons. The summed E-state index contributed by atoms with van der Waals surface area (Å²) in [6.07, 6.45) is 0.404. The highest BCUT2D eigenvalue weighted by Gasteiger charge is 2.03. The number of carbonyl (C=O) groups is 1. The van der Waals surface area contributed by atoms with Crippen LogP contribution < -0.4 is 16.0 Å². The molecule has 0 aliphatic carbocycles. The lowest BCUT2D eigenvalue weighted by Crippen LogP contribution is -2.39. The van der Waals surface area contributed by atoms with E-state index in [4.69, 9.17) is 0 Å². The van der Waals surface area contributed by atoms with Gasteiger partial charge < -0.3 is 16.0 Å². The SMILES string of the molecule is CCNC(=NCc1cccc(C)c1)NCCC(=O)NCc1ccccc1.I. The summed E-state index contributed by atoms with van der Waals surface area (Å²) in [7, 11) is 0. The van der Waals surface area contributed by atoms with Crippen LogP contribution in [0.15, 0.2) is 59.6 Å². The second-order valence-corrected chi connectivity index (χ2v) is 6.12. The Kier molecular flexibility index (Phi) is 11.2. The lowest BCUT2D eigenvalue weighted by molar-refractivity contribution is -0.121. The molecule has 146 valence electrons. The molecule has 3 N–H and O–H groups in total. The number of halogens is 1. The number of benzene rings is 2. The number of amides is 1. The Labute approximate surface area is 179 Å². The summed E-state index contributed by atoms with van der Waals surface area (Å²) in [5.74, 6) is 0.751. The Balaban J connectivity index is 0.00000364. The van der Waals surface area contributed by atoms with E-state index in [9.17, 15) is 4.79 Å². The third kappa shape index (κ3) is 9.42. The number of carbonyl (C=O) groups excluding carboxylic acids is 1. The fourth-order valence-electron chi connectivity index (χ4n) is 2.50. The van der Waals surface area contributed by atoms with Crippen LogP contribution in [-0.4, -0.2) is 25.0 Å². The van der Waals surface area contributed by atoms with Crippen LogP contribution in [0.2, 0.25) is 0 Å². The summed E-state index contributed by atoms with van der Waals surface area (Å²) < 4.78 is 0. The zero-order valence-corrected chi connectivity index (χ0v) is 18.3. The molecule has 6 heteroatoms. The van der Waals surface area contributed by atoms with Gasteiger partial charge in [-0.25, -0.2) is 4.99 Å². The molecule has 2 rings (SSSR count). The number of aryl methyl sites for hydroxylation is 1. The minimum atomic E-state index is 0. The molecule has 0 saturated heterocycles. The number of nitrogens with zero attached hydrogens (tertiary/aromatic N) is 1. The third-order valence-corrected chi connectivity index (χ3v) is 3.82. The molecule has 0 spiro atoms. The Hall–Kier alpha value is -2.09. The van der Waals surface area contributed by atoms with Gasteiger partial charge in [0.2, 0.25) is 5.91 Å². The van der Waals surface area contributed by atoms with Crippen LogP contribution in [0, 0.1) is 6.92 Å². The fraction of sp³-hybridized carbons (Fsp3) is 0.333. The smallest absolute Gasteiger partial charge is 0.222 e. The number of nitrogens with one attached hydrogen (secondary N) is 3. The van der Waals surface area contributed by atoms with Crippen molar-refractivity contribution >= 4 is 35.8 Å². The van der Waals surface area contributed by atoms with Crippen LogP contribution in [0.3, 0.4) is 0 Å². The van der Waals surface area contributed by atoms with Gasteiger partial charge in [-0.1, -0.05) is 60.2 Å². The first kappa shape index (κ1) is 23.0. The second kappa shape index (κ2) is 13.1. The molecule has 0 saturated carbocycles. The van der Waals surface area contributed by atoms with E-state index in [2.05, 4.69) is 46.1 Å². The molecule has 0 bridgehead atoms. The first-order valence-corrected chi connectivity index (χ1v) is 9.05. The highest BCUT2D eigenvalue weighted by atomic mass is 127. The van der Waals surface area contributed by atoms with Crippen LogP contribution >= 0.6 is 24.0 Å². The number of guanidine groups is 1. The Morgan fingerprint density at radius 2 is 1.70 bits per heavy atom. The van der Waals surface area contributed by atoms with E-state index in [0.29, 0.717) is 26.1 Å². The molecule has 0 fully saturated rings. The zero-order valence-electron chi connectivity index (χ0n) is 16.0. The molecule has 2 aromatic carbocycles. The van der Waals surface area contributed by atoms with E-state index in [1.54, 1.807) is 0 Å². The molecule has 2 aromatic rings. The van der Waals surface area contributed by atoms with Crippen LogP contribution in [0.25, 0.3) is 0 Å². The summed E-state index contributed by atoms with van der Waals surface area (Å²) in [5, 5.41) is 9.35. The predicted molar refractivity (Wildman–Crippen MR) is 122 cm³/mol. The van der Waals surface area contributed by atoms with Gasteiger partial charge in [0.15, 0.2) is 5.96 Å². The van der Waals surface area contributed by atoms with Gasteiger partial charge in [0, 0.05) is 26.1 Å². The summed E-state index contributed by atoms with van der Waals surface area (Å²) in [6.45, 7) is 6.58.